The third-order valence-corrected chi connectivity index (χ3v) is 8.45. The zero-order chi connectivity index (χ0) is 21.1. The first-order valence-corrected chi connectivity index (χ1v) is 12.7. The molecule has 1 saturated heterocycles. The summed E-state index contributed by atoms with van der Waals surface area (Å²) in [7, 11) is -3.75. The van der Waals surface area contributed by atoms with Crippen molar-refractivity contribution >= 4 is 50.7 Å². The fraction of sp³-hybridized carbons (Fsp3) is 0.278. The van der Waals surface area contributed by atoms with Crippen LogP contribution in [0.25, 0.3) is 11.5 Å². The average molecular weight is 486 g/mol. The largest absolute Gasteiger partial charge is 0.451 e. The lowest BCUT2D eigenvalue weighted by Crippen LogP contribution is -2.38. The summed E-state index contributed by atoms with van der Waals surface area (Å²) in [6, 6.07) is 8.28. The van der Waals surface area contributed by atoms with Gasteiger partial charge in [-0.25, -0.2) is 13.2 Å². The Morgan fingerprint density at radius 3 is 2.63 bits per heavy atom. The van der Waals surface area contributed by atoms with Crippen molar-refractivity contribution in [3.8, 4) is 11.5 Å². The molecule has 2 aromatic heterocycles. The molecule has 0 amide bonds. The van der Waals surface area contributed by atoms with Crippen LogP contribution in [-0.2, 0) is 21.4 Å². The number of carbonyl (C=O) groups is 1. The Morgan fingerprint density at radius 2 is 1.90 bits per heavy atom. The van der Waals surface area contributed by atoms with Crippen molar-refractivity contribution in [2.45, 2.75) is 11.5 Å². The second kappa shape index (κ2) is 9.06. The van der Waals surface area contributed by atoms with Crippen molar-refractivity contribution in [1.29, 1.82) is 0 Å². The SMILES string of the molecule is O=C(OCc1nnc(-c2ccc(Cl)cc2)o1)c1sccc1S(=O)(=O)N1CCSCC1. The number of thioether (sulfide) groups is 1. The summed E-state index contributed by atoms with van der Waals surface area (Å²) in [4.78, 5) is 12.5. The zero-order valence-corrected chi connectivity index (χ0v) is 18.7. The molecule has 3 aromatic rings. The number of rotatable bonds is 6. The van der Waals surface area contributed by atoms with E-state index in [1.807, 2.05) is 0 Å². The molecule has 3 heterocycles. The Balaban J connectivity index is 1.44. The van der Waals surface area contributed by atoms with Crippen LogP contribution in [0.2, 0.25) is 5.02 Å². The number of benzene rings is 1. The summed E-state index contributed by atoms with van der Waals surface area (Å²) in [5, 5.41) is 9.93. The molecule has 0 radical (unpaired) electrons. The van der Waals surface area contributed by atoms with Crippen molar-refractivity contribution in [3.63, 3.8) is 0 Å². The zero-order valence-electron chi connectivity index (χ0n) is 15.5. The van der Waals surface area contributed by atoms with Gasteiger partial charge in [-0.2, -0.15) is 16.1 Å². The van der Waals surface area contributed by atoms with Gasteiger partial charge in [0.05, 0.1) is 0 Å². The molecule has 1 aromatic carbocycles. The fourth-order valence-electron chi connectivity index (χ4n) is 2.79. The van der Waals surface area contributed by atoms with Gasteiger partial charge in [0.25, 0.3) is 5.89 Å². The Hall–Kier alpha value is -1.92. The second-order valence-electron chi connectivity index (χ2n) is 6.21. The maximum absolute atomic E-state index is 12.9. The number of hydrogen-bond donors (Lipinski definition) is 0. The second-order valence-corrected chi connectivity index (χ2v) is 10.7. The van der Waals surface area contributed by atoms with Crippen LogP contribution >= 0.6 is 34.7 Å². The molecular formula is C18H16ClN3O5S3. The van der Waals surface area contributed by atoms with Gasteiger partial charge in [-0.1, -0.05) is 11.6 Å². The van der Waals surface area contributed by atoms with Crippen LogP contribution in [0.4, 0.5) is 0 Å². The highest BCUT2D eigenvalue weighted by molar-refractivity contribution is 7.99. The predicted molar refractivity (Wildman–Crippen MR) is 114 cm³/mol. The normalized spacial score (nSPS) is 15.2. The van der Waals surface area contributed by atoms with Gasteiger partial charge in [-0.15, -0.1) is 21.5 Å². The van der Waals surface area contributed by atoms with Gasteiger partial charge in [0.15, 0.2) is 6.61 Å². The van der Waals surface area contributed by atoms with Crippen LogP contribution < -0.4 is 0 Å². The number of sulfonamides is 1. The Bertz CT molecular complexity index is 1140. The number of aromatic nitrogens is 2. The first-order chi connectivity index (χ1) is 14.4. The molecule has 12 heteroatoms. The van der Waals surface area contributed by atoms with Crippen LogP contribution in [0.3, 0.4) is 0 Å². The number of halogens is 1. The smallest absolute Gasteiger partial charge is 0.350 e. The lowest BCUT2D eigenvalue weighted by molar-refractivity contribution is 0.0440. The molecule has 8 nitrogen and oxygen atoms in total. The Labute approximate surface area is 186 Å². The van der Waals surface area contributed by atoms with E-state index in [0.717, 1.165) is 22.8 Å². The molecule has 1 aliphatic rings. The Kier molecular flexibility index (Phi) is 6.44. The van der Waals surface area contributed by atoms with Gasteiger partial charge in [0.1, 0.15) is 9.77 Å². The molecule has 4 rings (SSSR count). The van der Waals surface area contributed by atoms with E-state index in [9.17, 15) is 13.2 Å². The van der Waals surface area contributed by atoms with E-state index in [1.54, 1.807) is 41.4 Å². The maximum atomic E-state index is 12.9. The summed E-state index contributed by atoms with van der Waals surface area (Å²) in [6.45, 7) is 0.580. The standard InChI is InChI=1S/C18H16ClN3O5S3/c19-13-3-1-12(2-4-13)17-21-20-15(27-17)11-26-18(23)16-14(5-8-29-16)30(24,25)22-6-9-28-10-7-22/h1-5,8H,6-7,9-11H2. The van der Waals surface area contributed by atoms with Gasteiger partial charge in [0.2, 0.25) is 15.9 Å². The number of ether oxygens (including phenoxy) is 1. The van der Waals surface area contributed by atoms with Crippen LogP contribution in [0.5, 0.6) is 0 Å². The minimum atomic E-state index is -3.75. The van der Waals surface area contributed by atoms with E-state index >= 15 is 0 Å². The summed E-state index contributed by atoms with van der Waals surface area (Å²) >= 11 is 8.59. The first kappa shape index (κ1) is 21.3. The van der Waals surface area contributed by atoms with Crippen molar-refractivity contribution in [1.82, 2.24) is 14.5 Å². The molecule has 0 spiro atoms. The molecule has 0 bridgehead atoms. The highest BCUT2D eigenvalue weighted by atomic mass is 35.5. The molecule has 0 aliphatic carbocycles. The van der Waals surface area contributed by atoms with E-state index in [1.165, 1.54) is 10.4 Å². The molecule has 0 saturated carbocycles. The molecule has 158 valence electrons. The molecule has 30 heavy (non-hydrogen) atoms. The van der Waals surface area contributed by atoms with Crippen molar-refractivity contribution in [2.24, 2.45) is 0 Å². The number of hydrogen-bond acceptors (Lipinski definition) is 9. The summed E-state index contributed by atoms with van der Waals surface area (Å²) in [5.41, 5.74) is 0.677. The number of nitrogens with zero attached hydrogens (tertiary/aromatic N) is 3. The summed E-state index contributed by atoms with van der Waals surface area (Å²) < 4.78 is 37.9. The first-order valence-electron chi connectivity index (χ1n) is 8.86. The highest BCUT2D eigenvalue weighted by Gasteiger charge is 2.31. The van der Waals surface area contributed by atoms with Gasteiger partial charge in [0, 0.05) is 35.2 Å². The van der Waals surface area contributed by atoms with E-state index in [0.29, 0.717) is 23.7 Å². The van der Waals surface area contributed by atoms with Crippen molar-refractivity contribution in [3.05, 3.63) is 51.5 Å². The van der Waals surface area contributed by atoms with Gasteiger partial charge < -0.3 is 9.15 Å². The number of esters is 1. The summed E-state index contributed by atoms with van der Waals surface area (Å²) in [6.07, 6.45) is 0. The third-order valence-electron chi connectivity index (χ3n) is 4.29. The van der Waals surface area contributed by atoms with Crippen LogP contribution in [0, 0.1) is 0 Å². The minimum Gasteiger partial charge on any atom is -0.451 e. The lowest BCUT2D eigenvalue weighted by Gasteiger charge is -2.25. The van der Waals surface area contributed by atoms with Crippen molar-refractivity contribution in [2.75, 3.05) is 24.6 Å². The molecular weight excluding hydrogens is 470 g/mol. The Morgan fingerprint density at radius 1 is 1.17 bits per heavy atom. The molecule has 0 atom stereocenters. The molecule has 0 N–H and O–H groups in total. The van der Waals surface area contributed by atoms with Gasteiger partial charge in [-0.05, 0) is 35.7 Å². The van der Waals surface area contributed by atoms with Crippen LogP contribution in [0.1, 0.15) is 15.6 Å². The summed E-state index contributed by atoms with van der Waals surface area (Å²) in [5.74, 6) is 1.08. The predicted octanol–water partition coefficient (Wildman–Crippen LogP) is 3.55. The molecule has 1 aliphatic heterocycles. The maximum Gasteiger partial charge on any atom is 0.350 e. The van der Waals surface area contributed by atoms with Crippen molar-refractivity contribution < 1.29 is 22.4 Å². The average Bonchev–Trinajstić information content (AvgIpc) is 3.43. The number of carbonyl (C=O) groups excluding carboxylic acids is 1. The van der Waals surface area contributed by atoms with E-state index in [4.69, 9.17) is 20.8 Å². The molecule has 0 unspecified atom stereocenters. The molecule has 1 fully saturated rings. The van der Waals surface area contributed by atoms with Crippen LogP contribution in [-0.4, -0.2) is 53.5 Å². The number of thiophene rings is 1. The fourth-order valence-corrected chi connectivity index (χ4v) is 6.77. The topological polar surface area (TPSA) is 103 Å². The van der Waals surface area contributed by atoms with E-state index in [2.05, 4.69) is 10.2 Å². The monoisotopic (exact) mass is 485 g/mol. The minimum absolute atomic E-state index is 0.0308. The van der Waals surface area contributed by atoms with E-state index in [-0.39, 0.29) is 28.2 Å². The van der Waals surface area contributed by atoms with E-state index < -0.39 is 16.0 Å². The van der Waals surface area contributed by atoms with Gasteiger partial charge in [-0.3, -0.25) is 0 Å². The van der Waals surface area contributed by atoms with Gasteiger partial charge >= 0.3 is 5.97 Å². The quantitative estimate of drug-likeness (QED) is 0.488. The highest BCUT2D eigenvalue weighted by Crippen LogP contribution is 2.28. The lowest BCUT2D eigenvalue weighted by atomic mass is 10.2. The van der Waals surface area contributed by atoms with Crippen LogP contribution in [0.15, 0.2) is 45.0 Å². The third kappa shape index (κ3) is 4.54.